The molecule has 19 heavy (non-hydrogen) atoms. The third-order valence-electron chi connectivity index (χ3n) is 2.53. The minimum absolute atomic E-state index is 0.0000824. The molecule has 1 aromatic rings. The fourth-order valence-corrected chi connectivity index (χ4v) is 1.91. The molecule has 0 aliphatic carbocycles. The summed E-state index contributed by atoms with van der Waals surface area (Å²) in [5.41, 5.74) is -0.0000824. The van der Waals surface area contributed by atoms with Gasteiger partial charge in [-0.2, -0.15) is 0 Å². The van der Waals surface area contributed by atoms with Crippen LogP contribution in [0.1, 0.15) is 36.0 Å². The summed E-state index contributed by atoms with van der Waals surface area (Å²) < 4.78 is 14.0. The second-order valence-electron chi connectivity index (χ2n) is 4.08. The number of unbranched alkanes of at least 4 members (excludes halogenated alkanes) is 2. The molecule has 0 saturated heterocycles. The lowest BCUT2D eigenvalue weighted by Gasteiger charge is -2.06. The van der Waals surface area contributed by atoms with Crippen molar-refractivity contribution in [3.05, 3.63) is 34.1 Å². The maximum Gasteiger partial charge on any atom is 0.303 e. The van der Waals surface area contributed by atoms with Gasteiger partial charge < -0.3 is 10.4 Å². The molecule has 1 aromatic carbocycles. The van der Waals surface area contributed by atoms with Gasteiger partial charge in [-0.25, -0.2) is 4.39 Å². The molecule has 4 nitrogen and oxygen atoms in total. The molecule has 0 spiro atoms. The Bertz CT molecular complexity index is 465. The Morgan fingerprint density at radius 2 is 2.00 bits per heavy atom. The highest BCUT2D eigenvalue weighted by Gasteiger charge is 2.11. The van der Waals surface area contributed by atoms with Gasteiger partial charge in [-0.3, -0.25) is 9.59 Å². The van der Waals surface area contributed by atoms with E-state index in [-0.39, 0.29) is 12.0 Å². The summed E-state index contributed by atoms with van der Waals surface area (Å²) in [4.78, 5) is 22.0. The Labute approximate surface area is 119 Å². The molecule has 0 bridgehead atoms. The lowest BCUT2D eigenvalue weighted by molar-refractivity contribution is -0.137. The van der Waals surface area contributed by atoms with Gasteiger partial charge in [-0.05, 0) is 31.0 Å². The van der Waals surface area contributed by atoms with Crippen molar-refractivity contribution >= 4 is 27.8 Å². The highest BCUT2D eigenvalue weighted by Crippen LogP contribution is 2.15. The van der Waals surface area contributed by atoms with Gasteiger partial charge in [-0.1, -0.05) is 22.4 Å². The molecule has 0 atom stereocenters. The van der Waals surface area contributed by atoms with E-state index in [0.29, 0.717) is 30.3 Å². The van der Waals surface area contributed by atoms with Crippen LogP contribution in [-0.4, -0.2) is 23.5 Å². The Morgan fingerprint density at radius 1 is 1.26 bits per heavy atom. The summed E-state index contributed by atoms with van der Waals surface area (Å²) in [5.74, 6) is -1.84. The van der Waals surface area contributed by atoms with Crippen LogP contribution in [0.3, 0.4) is 0 Å². The molecule has 6 heteroatoms. The number of amides is 1. The molecule has 0 aromatic heterocycles. The van der Waals surface area contributed by atoms with Gasteiger partial charge >= 0.3 is 5.97 Å². The molecule has 104 valence electrons. The Balaban J connectivity index is 2.31. The maximum atomic E-state index is 13.4. The summed E-state index contributed by atoms with van der Waals surface area (Å²) in [5, 5.41) is 11.1. The van der Waals surface area contributed by atoms with Crippen molar-refractivity contribution in [1.29, 1.82) is 0 Å². The molecule has 2 N–H and O–H groups in total. The number of halogens is 2. The third-order valence-corrected chi connectivity index (χ3v) is 3.02. The van der Waals surface area contributed by atoms with Crippen LogP contribution in [0.2, 0.25) is 0 Å². The van der Waals surface area contributed by atoms with Crippen LogP contribution >= 0.6 is 15.9 Å². The molecule has 0 aliphatic rings. The quantitative estimate of drug-likeness (QED) is 0.755. The van der Waals surface area contributed by atoms with E-state index in [0.717, 1.165) is 0 Å². The third kappa shape index (κ3) is 5.83. The molecule has 0 aliphatic heterocycles. The van der Waals surface area contributed by atoms with E-state index >= 15 is 0 Å². The zero-order valence-corrected chi connectivity index (χ0v) is 11.9. The number of carboxylic acid groups (broad SMARTS) is 1. The lowest BCUT2D eigenvalue weighted by Crippen LogP contribution is -2.25. The number of carbonyl (C=O) groups excluding carboxylic acids is 1. The summed E-state index contributed by atoms with van der Waals surface area (Å²) >= 11 is 3.18. The Morgan fingerprint density at radius 3 is 2.68 bits per heavy atom. The topological polar surface area (TPSA) is 66.4 Å². The number of carboxylic acids is 1. The van der Waals surface area contributed by atoms with Crippen molar-refractivity contribution in [1.82, 2.24) is 5.32 Å². The average Bonchev–Trinajstić information content (AvgIpc) is 2.36. The van der Waals surface area contributed by atoms with E-state index in [2.05, 4.69) is 21.2 Å². The number of hydrogen-bond donors (Lipinski definition) is 2. The highest BCUT2D eigenvalue weighted by molar-refractivity contribution is 9.10. The SMILES string of the molecule is O=C(O)CCCCCNC(=O)c1cc(Br)ccc1F. The van der Waals surface area contributed by atoms with E-state index in [4.69, 9.17) is 5.11 Å². The van der Waals surface area contributed by atoms with Crippen molar-refractivity contribution in [3.63, 3.8) is 0 Å². The molecule has 1 amide bonds. The van der Waals surface area contributed by atoms with E-state index in [9.17, 15) is 14.0 Å². The first-order valence-corrected chi connectivity index (χ1v) is 6.75. The second-order valence-corrected chi connectivity index (χ2v) is 5.00. The van der Waals surface area contributed by atoms with Crippen LogP contribution in [0, 0.1) is 5.82 Å². The number of carbonyl (C=O) groups is 2. The standard InChI is InChI=1S/C13H15BrFNO3/c14-9-5-6-11(15)10(8-9)13(19)16-7-3-1-2-4-12(17)18/h5-6,8H,1-4,7H2,(H,16,19)(H,17,18). The minimum Gasteiger partial charge on any atom is -0.481 e. The van der Waals surface area contributed by atoms with Gasteiger partial charge in [0, 0.05) is 17.4 Å². The summed E-state index contributed by atoms with van der Waals surface area (Å²) in [7, 11) is 0. The van der Waals surface area contributed by atoms with E-state index in [1.54, 1.807) is 0 Å². The van der Waals surface area contributed by atoms with Crippen molar-refractivity contribution < 1.29 is 19.1 Å². The predicted octanol–water partition coefficient (Wildman–Crippen LogP) is 2.96. The molecule has 1 rings (SSSR count). The summed E-state index contributed by atoms with van der Waals surface area (Å²) in [6.07, 6.45) is 2.10. The van der Waals surface area contributed by atoms with Crippen LogP contribution in [0.25, 0.3) is 0 Å². The van der Waals surface area contributed by atoms with Gasteiger partial charge in [0.2, 0.25) is 0 Å². The van der Waals surface area contributed by atoms with Gasteiger partial charge in [-0.15, -0.1) is 0 Å². The number of benzene rings is 1. The number of rotatable bonds is 7. The zero-order chi connectivity index (χ0) is 14.3. The molecule has 0 heterocycles. The summed E-state index contributed by atoms with van der Waals surface area (Å²) in [6, 6.07) is 4.18. The van der Waals surface area contributed by atoms with Crippen LogP contribution in [0.5, 0.6) is 0 Å². The van der Waals surface area contributed by atoms with Crippen molar-refractivity contribution in [2.24, 2.45) is 0 Å². The minimum atomic E-state index is -0.819. The normalized spacial score (nSPS) is 10.2. The Hall–Kier alpha value is -1.43. The average molecular weight is 332 g/mol. The van der Waals surface area contributed by atoms with Crippen LogP contribution in [-0.2, 0) is 4.79 Å². The lowest BCUT2D eigenvalue weighted by atomic mass is 10.1. The number of aliphatic carboxylic acids is 1. The van der Waals surface area contributed by atoms with Crippen molar-refractivity contribution in [2.75, 3.05) is 6.54 Å². The van der Waals surface area contributed by atoms with Crippen LogP contribution in [0.4, 0.5) is 4.39 Å². The molecule has 0 saturated carbocycles. The predicted molar refractivity (Wildman–Crippen MR) is 72.5 cm³/mol. The number of hydrogen-bond acceptors (Lipinski definition) is 2. The van der Waals surface area contributed by atoms with Crippen molar-refractivity contribution in [2.45, 2.75) is 25.7 Å². The van der Waals surface area contributed by atoms with Gasteiger partial charge in [0.05, 0.1) is 5.56 Å². The number of nitrogens with one attached hydrogen (secondary N) is 1. The van der Waals surface area contributed by atoms with Crippen molar-refractivity contribution in [3.8, 4) is 0 Å². The zero-order valence-electron chi connectivity index (χ0n) is 10.3. The molecule has 0 fully saturated rings. The first-order chi connectivity index (χ1) is 9.00. The van der Waals surface area contributed by atoms with E-state index in [1.165, 1.54) is 18.2 Å². The maximum absolute atomic E-state index is 13.4. The smallest absolute Gasteiger partial charge is 0.303 e. The largest absolute Gasteiger partial charge is 0.481 e. The van der Waals surface area contributed by atoms with Gasteiger partial charge in [0.15, 0.2) is 0 Å². The van der Waals surface area contributed by atoms with E-state index < -0.39 is 17.7 Å². The molecular weight excluding hydrogens is 317 g/mol. The first kappa shape index (κ1) is 15.6. The summed E-state index contributed by atoms with van der Waals surface area (Å²) in [6.45, 7) is 0.407. The monoisotopic (exact) mass is 331 g/mol. The molecular formula is C13H15BrFNO3. The molecule has 0 radical (unpaired) electrons. The van der Waals surface area contributed by atoms with Crippen LogP contribution in [0.15, 0.2) is 22.7 Å². The van der Waals surface area contributed by atoms with E-state index in [1.807, 2.05) is 0 Å². The fraction of sp³-hybridized carbons (Fsp3) is 0.385. The second kappa shape index (κ2) is 7.89. The fourth-order valence-electron chi connectivity index (χ4n) is 1.55. The van der Waals surface area contributed by atoms with Gasteiger partial charge in [0.25, 0.3) is 5.91 Å². The Kier molecular flexibility index (Phi) is 6.49. The highest BCUT2D eigenvalue weighted by atomic mass is 79.9. The first-order valence-electron chi connectivity index (χ1n) is 5.95. The molecule has 0 unspecified atom stereocenters. The van der Waals surface area contributed by atoms with Gasteiger partial charge in [0.1, 0.15) is 5.82 Å². The van der Waals surface area contributed by atoms with Crippen LogP contribution < -0.4 is 5.32 Å².